The first-order valence-corrected chi connectivity index (χ1v) is 22.0. The molecule has 1 aromatic heterocycles. The Bertz CT molecular complexity index is 2980. The molecule has 4 aromatic carbocycles. The number of halogens is 5. The molecule has 4 amide bonds. The van der Waals surface area contributed by atoms with Gasteiger partial charge >= 0.3 is 6.18 Å². The van der Waals surface area contributed by atoms with Gasteiger partial charge in [-0.15, -0.1) is 0 Å². The number of aromatic hydroxyl groups is 1. The summed E-state index contributed by atoms with van der Waals surface area (Å²) in [6.45, 7) is 0. The van der Waals surface area contributed by atoms with E-state index in [1.165, 1.54) is 17.2 Å². The molecule has 5 aromatic rings. The normalized spacial score (nSPS) is 24.4. The molecule has 13 nitrogen and oxygen atoms in total. The maximum atomic E-state index is 15.6. The van der Waals surface area contributed by atoms with E-state index < -0.39 is 75.4 Å². The van der Waals surface area contributed by atoms with Crippen LogP contribution in [0.5, 0.6) is 11.5 Å². The Kier molecular flexibility index (Phi) is 10.7. The summed E-state index contributed by atoms with van der Waals surface area (Å²) in [4.78, 5) is 67.0. The van der Waals surface area contributed by atoms with Crippen LogP contribution in [0.15, 0.2) is 137 Å². The highest BCUT2D eigenvalue weighted by Gasteiger charge is 2.71. The molecule has 18 heteroatoms. The number of rotatable bonds is 8. The molecular weight excluding hydrogens is 910 g/mol. The van der Waals surface area contributed by atoms with Gasteiger partial charge in [0.2, 0.25) is 11.8 Å². The second-order valence-electron chi connectivity index (χ2n) is 17.3. The first-order chi connectivity index (χ1) is 32.0. The van der Waals surface area contributed by atoms with Crippen molar-refractivity contribution >= 4 is 75.4 Å². The minimum atomic E-state index is -4.77. The Morgan fingerprint density at radius 2 is 1.55 bits per heavy atom. The Morgan fingerprint density at radius 1 is 0.866 bits per heavy atom. The molecule has 0 bridgehead atoms. The van der Waals surface area contributed by atoms with Gasteiger partial charge in [-0.25, -0.2) is 4.98 Å². The van der Waals surface area contributed by atoms with E-state index in [1.807, 2.05) is 49.3 Å². The minimum Gasteiger partial charge on any atom is -0.508 e. The summed E-state index contributed by atoms with van der Waals surface area (Å²) in [5.41, 5.74) is 4.35. The van der Waals surface area contributed by atoms with Crippen molar-refractivity contribution in [3.8, 4) is 11.5 Å². The van der Waals surface area contributed by atoms with Crippen LogP contribution in [0.4, 0.5) is 41.7 Å². The van der Waals surface area contributed by atoms with Gasteiger partial charge in [0.1, 0.15) is 11.5 Å². The van der Waals surface area contributed by atoms with Crippen molar-refractivity contribution in [2.45, 2.75) is 30.9 Å². The van der Waals surface area contributed by atoms with Gasteiger partial charge in [-0.1, -0.05) is 47.0 Å². The number of imide groups is 2. The molecule has 2 saturated heterocycles. The number of aromatic nitrogens is 1. The monoisotopic (exact) mass is 947 g/mol. The van der Waals surface area contributed by atoms with Crippen molar-refractivity contribution in [1.82, 2.24) is 9.99 Å². The number of amides is 4. The standard InChI is InChI=1S/C49H38Cl2F3N7O6/c1-59(2)32-11-7-30(8-12-32)56-57-31-9-13-33(14-10-31)60-44(63)36-17-16-35-37(41(36)46(60)65)22-38-45(64)61(58-43-39(51)21-28(23-55-43)49(52,53)54)47(66)48(38,27-3-5-29(50)6-4-27)42(35)26-19-25-20-34(62)15-18-40(25)67-24-26/h3-16,18,20-21,23-24,36-38,41-42,62H,17,19,22H2,1-2H3,(H,55,58)/t36-,37+,38-,41-,42-,48+/m0/s1. The van der Waals surface area contributed by atoms with Gasteiger partial charge in [-0.2, -0.15) is 28.4 Å². The molecular formula is C49H38Cl2F3N7O6. The largest absolute Gasteiger partial charge is 0.508 e. The van der Waals surface area contributed by atoms with Crippen LogP contribution >= 0.6 is 23.2 Å². The predicted molar refractivity (Wildman–Crippen MR) is 242 cm³/mol. The zero-order valence-electron chi connectivity index (χ0n) is 35.5. The van der Waals surface area contributed by atoms with Crippen molar-refractivity contribution < 1.29 is 42.2 Å². The Labute approximate surface area is 391 Å². The van der Waals surface area contributed by atoms with Crippen LogP contribution in [0, 0.1) is 29.6 Å². The molecule has 10 rings (SSSR count). The molecule has 1 saturated carbocycles. The van der Waals surface area contributed by atoms with Crippen molar-refractivity contribution in [2.75, 3.05) is 29.3 Å². The van der Waals surface area contributed by atoms with Gasteiger partial charge in [0.15, 0.2) is 5.82 Å². The van der Waals surface area contributed by atoms with E-state index in [4.69, 9.17) is 27.9 Å². The number of fused-ring (bicyclic) bond motifs is 5. The zero-order chi connectivity index (χ0) is 47.1. The fraction of sp³-hybridized carbons (Fsp3) is 0.245. The second-order valence-corrected chi connectivity index (χ2v) is 18.2. The maximum Gasteiger partial charge on any atom is 0.417 e. The number of hydrogen-bond acceptors (Lipinski definition) is 11. The molecule has 0 unspecified atom stereocenters. The fourth-order valence-corrected chi connectivity index (χ4v) is 10.8. The highest BCUT2D eigenvalue weighted by Crippen LogP contribution is 2.63. The average molecular weight is 949 g/mol. The molecule has 2 N–H and O–H groups in total. The van der Waals surface area contributed by atoms with E-state index in [0.29, 0.717) is 62.4 Å². The number of allylic oxidation sites excluding steroid dienone is 3. The number of nitrogens with one attached hydrogen (secondary N) is 1. The van der Waals surface area contributed by atoms with Crippen LogP contribution in [-0.2, 0) is 37.2 Å². The number of carbonyl (C=O) groups excluding carboxylic acids is 4. The van der Waals surface area contributed by atoms with Crippen LogP contribution in [0.25, 0.3) is 0 Å². The van der Waals surface area contributed by atoms with E-state index in [2.05, 4.69) is 20.6 Å². The fourth-order valence-electron chi connectivity index (χ4n) is 10.5. The number of phenolic OH excluding ortho intramolecular Hbond substituents is 1. The minimum absolute atomic E-state index is 0.0280. The number of azo groups is 1. The number of anilines is 3. The van der Waals surface area contributed by atoms with E-state index in [0.717, 1.165) is 10.7 Å². The zero-order valence-corrected chi connectivity index (χ0v) is 37.1. The topological polar surface area (TPSA) is 157 Å². The summed E-state index contributed by atoms with van der Waals surface area (Å²) in [7, 11) is 3.87. The average Bonchev–Trinajstić information content (AvgIpc) is 3.69. The third kappa shape index (κ3) is 7.29. The van der Waals surface area contributed by atoms with Gasteiger partial charge in [-0.05, 0) is 115 Å². The summed E-state index contributed by atoms with van der Waals surface area (Å²) in [6, 6.07) is 25.8. The molecule has 6 atom stereocenters. The predicted octanol–water partition coefficient (Wildman–Crippen LogP) is 10.1. The number of carbonyl (C=O) groups is 4. The molecule has 340 valence electrons. The summed E-state index contributed by atoms with van der Waals surface area (Å²) < 4.78 is 47.1. The quantitative estimate of drug-likeness (QED) is 0.0878. The van der Waals surface area contributed by atoms with E-state index in [1.54, 1.807) is 60.7 Å². The first-order valence-electron chi connectivity index (χ1n) is 21.2. The van der Waals surface area contributed by atoms with Crippen LogP contribution in [0.2, 0.25) is 10.0 Å². The van der Waals surface area contributed by atoms with Gasteiger partial charge in [0, 0.05) is 48.9 Å². The van der Waals surface area contributed by atoms with Crippen molar-refractivity contribution in [3.63, 3.8) is 0 Å². The van der Waals surface area contributed by atoms with Crippen LogP contribution in [0.3, 0.4) is 0 Å². The van der Waals surface area contributed by atoms with Crippen molar-refractivity contribution in [3.05, 3.63) is 153 Å². The van der Waals surface area contributed by atoms with Gasteiger partial charge in [-0.3, -0.25) is 29.5 Å². The van der Waals surface area contributed by atoms with Crippen LogP contribution in [-0.4, -0.2) is 52.8 Å². The Hall–Kier alpha value is -7.04. The Balaban J connectivity index is 1.04. The molecule has 67 heavy (non-hydrogen) atoms. The molecule has 3 aliphatic heterocycles. The summed E-state index contributed by atoms with van der Waals surface area (Å²) in [6.07, 6.45) is -0.619. The number of nitrogens with zero attached hydrogens (tertiary/aromatic N) is 6. The number of ether oxygens (including phenoxy) is 1. The summed E-state index contributed by atoms with van der Waals surface area (Å²) >= 11 is 12.7. The van der Waals surface area contributed by atoms with Gasteiger partial charge in [0.05, 0.1) is 57.1 Å². The lowest BCUT2D eigenvalue weighted by Crippen LogP contribution is -2.55. The number of phenols is 1. The van der Waals surface area contributed by atoms with Gasteiger partial charge in [0.25, 0.3) is 11.8 Å². The lowest BCUT2D eigenvalue weighted by atomic mass is 9.48. The van der Waals surface area contributed by atoms with Crippen LogP contribution < -0.4 is 20.0 Å². The smallest absolute Gasteiger partial charge is 0.417 e. The molecule has 0 spiro atoms. The number of benzene rings is 4. The lowest BCUT2D eigenvalue weighted by molar-refractivity contribution is -0.139. The maximum absolute atomic E-state index is 15.6. The summed E-state index contributed by atoms with van der Waals surface area (Å²) in [5.74, 6) is -7.08. The third-order valence-electron chi connectivity index (χ3n) is 13.5. The SMILES string of the molecule is CN(C)c1ccc(N=Nc2ccc(N3C(=O)[C@H]4[C@H](CC=C5[C@H](C6=COc7ccc(O)cc7C6)[C@]6(c7ccc(Cl)cc7)C(=O)N(Nc7ncc(C(F)(F)F)cc7Cl)C(=O)[C@@H]6C[C@H]54)C3=O)cc2)cc1. The number of pyridine rings is 1. The van der Waals surface area contributed by atoms with E-state index >= 15 is 9.59 Å². The summed E-state index contributed by atoms with van der Waals surface area (Å²) in [5, 5.41) is 19.8. The molecule has 3 fully saturated rings. The highest BCUT2D eigenvalue weighted by molar-refractivity contribution is 6.33. The second kappa shape index (κ2) is 16.4. The van der Waals surface area contributed by atoms with E-state index in [9.17, 15) is 27.9 Å². The highest BCUT2D eigenvalue weighted by atomic mass is 35.5. The molecule has 2 aliphatic carbocycles. The molecule has 4 heterocycles. The number of hydrazine groups is 1. The molecule has 0 radical (unpaired) electrons. The van der Waals surface area contributed by atoms with Gasteiger partial charge < -0.3 is 14.7 Å². The number of alkyl halides is 3. The van der Waals surface area contributed by atoms with E-state index in [-0.39, 0.29) is 30.8 Å². The number of hydrogen-bond donors (Lipinski definition) is 2. The third-order valence-corrected chi connectivity index (χ3v) is 14.0. The van der Waals surface area contributed by atoms with Crippen molar-refractivity contribution in [2.24, 2.45) is 39.8 Å². The molecule has 5 aliphatic rings. The lowest BCUT2D eigenvalue weighted by Gasteiger charge is -2.51. The van der Waals surface area contributed by atoms with Crippen LogP contribution in [0.1, 0.15) is 29.5 Å². The first kappa shape index (κ1) is 43.8. The van der Waals surface area contributed by atoms with Crippen molar-refractivity contribution in [1.29, 1.82) is 0 Å². The Morgan fingerprint density at radius 3 is 2.21 bits per heavy atom.